The number of carbonyl (C=O) groups is 1. The molecule has 0 aliphatic carbocycles. The lowest BCUT2D eigenvalue weighted by molar-refractivity contribution is 0.197. The molecule has 1 atom stereocenters. The van der Waals surface area contributed by atoms with Gasteiger partial charge in [0, 0.05) is 25.1 Å². The Morgan fingerprint density at radius 3 is 2.76 bits per heavy atom. The second-order valence-electron chi connectivity index (χ2n) is 8.76. The maximum absolute atomic E-state index is 13.0. The van der Waals surface area contributed by atoms with Gasteiger partial charge in [0.2, 0.25) is 0 Å². The van der Waals surface area contributed by atoms with Crippen molar-refractivity contribution in [1.82, 2.24) is 10.1 Å². The number of nitrogens with one attached hydrogen (secondary N) is 1. The molecule has 0 radical (unpaired) electrons. The molecule has 1 aliphatic rings. The molecule has 2 heterocycles. The number of likely N-dealkylation sites (tertiary alicyclic amines) is 1. The van der Waals surface area contributed by atoms with Crippen molar-refractivity contribution in [2.75, 3.05) is 25.0 Å². The van der Waals surface area contributed by atoms with Crippen molar-refractivity contribution in [3.63, 3.8) is 0 Å². The van der Waals surface area contributed by atoms with E-state index in [1.165, 1.54) is 17.7 Å². The van der Waals surface area contributed by atoms with Crippen molar-refractivity contribution in [2.45, 2.75) is 33.6 Å². The average Bonchev–Trinajstić information content (AvgIpc) is 3.14. The van der Waals surface area contributed by atoms with Gasteiger partial charge in [-0.15, -0.1) is 0 Å². The molecule has 4 rings (SSSR count). The summed E-state index contributed by atoms with van der Waals surface area (Å²) in [4.78, 5) is 14.5. The van der Waals surface area contributed by atoms with Gasteiger partial charge in [-0.25, -0.2) is 9.18 Å². The smallest absolute Gasteiger partial charge is 0.323 e. The Morgan fingerprint density at radius 2 is 2.06 bits per heavy atom. The zero-order chi connectivity index (χ0) is 24.1. The Kier molecular flexibility index (Phi) is 7.30. The molecule has 1 N–H and O–H groups in total. The van der Waals surface area contributed by atoms with Crippen LogP contribution in [0.3, 0.4) is 0 Å². The predicted molar refractivity (Wildman–Crippen MR) is 130 cm³/mol. The summed E-state index contributed by atoms with van der Waals surface area (Å²) < 4.78 is 24.1. The number of aryl methyl sites for hydroxylation is 1. The predicted octanol–water partition coefficient (Wildman–Crippen LogP) is 6.01. The second-order valence-corrected chi connectivity index (χ2v) is 8.76. The summed E-state index contributed by atoms with van der Waals surface area (Å²) in [6.07, 6.45) is 3.72. The minimum Gasteiger partial charge on any atom is -0.493 e. The lowest BCUT2D eigenvalue weighted by atomic mass is 9.91. The Labute approximate surface area is 199 Å². The van der Waals surface area contributed by atoms with E-state index in [1.807, 2.05) is 36.9 Å². The number of rotatable bonds is 6. The number of hydrogen-bond donors (Lipinski definition) is 1. The maximum Gasteiger partial charge on any atom is 0.323 e. The van der Waals surface area contributed by atoms with Gasteiger partial charge in [0.05, 0.1) is 6.61 Å². The first-order chi connectivity index (χ1) is 16.4. The zero-order valence-electron chi connectivity index (χ0n) is 19.8. The molecule has 6 nitrogen and oxygen atoms in total. The molecule has 2 amide bonds. The van der Waals surface area contributed by atoms with Crippen LogP contribution in [0.2, 0.25) is 0 Å². The van der Waals surface area contributed by atoms with Gasteiger partial charge >= 0.3 is 6.03 Å². The Morgan fingerprint density at radius 1 is 1.26 bits per heavy atom. The van der Waals surface area contributed by atoms with Gasteiger partial charge in [0.1, 0.15) is 17.3 Å². The highest BCUT2D eigenvalue weighted by atomic mass is 19.1. The average molecular weight is 464 g/mol. The molecule has 1 aliphatic heterocycles. The second kappa shape index (κ2) is 10.5. The molecule has 34 heavy (non-hydrogen) atoms. The van der Waals surface area contributed by atoms with Crippen LogP contribution < -0.4 is 10.1 Å². The number of amides is 2. The van der Waals surface area contributed by atoms with Crippen molar-refractivity contribution in [3.05, 3.63) is 82.4 Å². The summed E-state index contributed by atoms with van der Waals surface area (Å²) in [5.41, 5.74) is 4.27. The molecule has 178 valence electrons. The number of anilines is 1. The first-order valence-electron chi connectivity index (χ1n) is 11.6. The molecule has 0 saturated carbocycles. The number of benzene rings is 2. The van der Waals surface area contributed by atoms with Crippen LogP contribution in [-0.4, -0.2) is 35.8 Å². The Bertz CT molecular complexity index is 1170. The third-order valence-corrected chi connectivity index (χ3v) is 6.25. The molecular formula is C27H30FN3O3. The Balaban J connectivity index is 1.32. The highest BCUT2D eigenvalue weighted by molar-refractivity contribution is 5.89. The molecule has 0 spiro atoms. The fourth-order valence-electron chi connectivity index (χ4n) is 4.01. The van der Waals surface area contributed by atoms with E-state index in [1.54, 1.807) is 12.1 Å². The monoisotopic (exact) mass is 463 g/mol. The van der Waals surface area contributed by atoms with E-state index in [4.69, 9.17) is 9.26 Å². The van der Waals surface area contributed by atoms with E-state index < -0.39 is 0 Å². The lowest BCUT2D eigenvalue weighted by Crippen LogP contribution is -2.42. The molecule has 1 saturated heterocycles. The number of ether oxygens (including phenoxy) is 1. The van der Waals surface area contributed by atoms with Gasteiger partial charge in [-0.2, -0.15) is 0 Å². The number of carbonyl (C=O) groups excluding carboxylic acids is 1. The molecule has 7 heteroatoms. The van der Waals surface area contributed by atoms with Crippen LogP contribution in [0.5, 0.6) is 5.75 Å². The van der Waals surface area contributed by atoms with Crippen molar-refractivity contribution in [2.24, 2.45) is 5.92 Å². The van der Waals surface area contributed by atoms with E-state index >= 15 is 0 Å². The van der Waals surface area contributed by atoms with Crippen molar-refractivity contribution in [3.8, 4) is 5.75 Å². The number of nitrogens with zero attached hydrogens (tertiary/aromatic N) is 2. The number of piperidine rings is 1. The number of halogens is 1. The van der Waals surface area contributed by atoms with Crippen LogP contribution in [0.25, 0.3) is 6.08 Å². The summed E-state index contributed by atoms with van der Waals surface area (Å²) in [6.45, 7) is 7.65. The van der Waals surface area contributed by atoms with Gasteiger partial charge in [-0.3, -0.25) is 5.32 Å². The third kappa shape index (κ3) is 5.84. The van der Waals surface area contributed by atoms with Crippen molar-refractivity contribution in [1.29, 1.82) is 0 Å². The first-order valence-corrected chi connectivity index (χ1v) is 11.6. The fourth-order valence-corrected chi connectivity index (χ4v) is 4.01. The van der Waals surface area contributed by atoms with E-state index in [9.17, 15) is 9.18 Å². The molecule has 1 unspecified atom stereocenters. The quantitative estimate of drug-likeness (QED) is 0.486. The molecular weight excluding hydrogens is 433 g/mol. The van der Waals surface area contributed by atoms with Gasteiger partial charge in [0.15, 0.2) is 5.82 Å². The molecule has 0 bridgehead atoms. The van der Waals surface area contributed by atoms with Gasteiger partial charge in [-0.1, -0.05) is 48.0 Å². The number of hydrogen-bond acceptors (Lipinski definition) is 4. The summed E-state index contributed by atoms with van der Waals surface area (Å²) in [6, 6.07) is 14.3. The summed E-state index contributed by atoms with van der Waals surface area (Å²) in [5.74, 6) is 2.00. The van der Waals surface area contributed by atoms with E-state index in [-0.39, 0.29) is 17.8 Å². The van der Waals surface area contributed by atoms with Gasteiger partial charge in [0.25, 0.3) is 0 Å². The minimum absolute atomic E-state index is 0.154. The minimum atomic E-state index is -0.230. The normalized spacial score (nSPS) is 17.1. The summed E-state index contributed by atoms with van der Waals surface area (Å²) in [7, 11) is 0. The molecule has 2 aromatic carbocycles. The fraction of sp³-hybridized carbons (Fsp3) is 0.333. The van der Waals surface area contributed by atoms with Crippen LogP contribution in [0.15, 0.2) is 58.6 Å². The third-order valence-electron chi connectivity index (χ3n) is 6.25. The Hall–Kier alpha value is -3.61. The summed E-state index contributed by atoms with van der Waals surface area (Å²) >= 11 is 0. The van der Waals surface area contributed by atoms with Gasteiger partial charge in [-0.05, 0) is 61.6 Å². The number of aromatic nitrogens is 1. The van der Waals surface area contributed by atoms with Crippen molar-refractivity contribution >= 4 is 17.9 Å². The van der Waals surface area contributed by atoms with Crippen molar-refractivity contribution < 1.29 is 18.4 Å². The van der Waals surface area contributed by atoms with Crippen LogP contribution in [0, 0.1) is 25.6 Å². The van der Waals surface area contributed by atoms with Crippen LogP contribution in [0.4, 0.5) is 15.0 Å². The van der Waals surface area contributed by atoms with E-state index in [0.29, 0.717) is 37.7 Å². The molecule has 3 aromatic rings. The first kappa shape index (κ1) is 23.5. The van der Waals surface area contributed by atoms with Gasteiger partial charge < -0.3 is 14.2 Å². The number of urea groups is 1. The van der Waals surface area contributed by atoms with E-state index in [2.05, 4.69) is 29.5 Å². The van der Waals surface area contributed by atoms with Crippen LogP contribution in [0.1, 0.15) is 35.8 Å². The highest BCUT2D eigenvalue weighted by Gasteiger charge is 2.25. The largest absolute Gasteiger partial charge is 0.493 e. The zero-order valence-corrected chi connectivity index (χ0v) is 19.8. The standard InChI is InChI=1S/C27H30FN3O3/c1-18-17-31(27(32)29-26-19(2)20(3)34-30-26)13-11-23(18)15-22-5-4-6-25(16-22)33-14-12-21-7-9-24(28)10-8-21/h4-10,15-16,18H,11-14,17H2,1-3H3,(H,29,30,32)/b23-15+. The van der Waals surface area contributed by atoms with E-state index in [0.717, 1.165) is 28.9 Å². The molecule has 1 aromatic heterocycles. The highest BCUT2D eigenvalue weighted by Crippen LogP contribution is 2.27. The topological polar surface area (TPSA) is 67.6 Å². The lowest BCUT2D eigenvalue weighted by Gasteiger charge is -2.33. The maximum atomic E-state index is 13.0. The SMILES string of the molecule is Cc1onc(NC(=O)N2CC/C(=C\c3cccc(OCCc4ccc(F)cc4)c3)C(C)C2)c1C. The van der Waals surface area contributed by atoms with Crippen LogP contribution >= 0.6 is 0 Å². The molecule has 1 fully saturated rings. The summed E-state index contributed by atoms with van der Waals surface area (Å²) in [5, 5.41) is 6.77. The van der Waals surface area contributed by atoms with Crippen LogP contribution in [-0.2, 0) is 6.42 Å².